The van der Waals surface area contributed by atoms with E-state index in [1.165, 1.54) is 0 Å². The zero-order valence-electron chi connectivity index (χ0n) is 13.6. The number of nitrogens with one attached hydrogen (secondary N) is 1. The van der Waals surface area contributed by atoms with Crippen molar-refractivity contribution >= 4 is 30.0 Å². The molecular weight excluding hydrogens is 356 g/mol. The van der Waals surface area contributed by atoms with E-state index in [4.69, 9.17) is 28.6 Å². The van der Waals surface area contributed by atoms with Crippen LogP contribution in [-0.4, -0.2) is 21.1 Å². The second-order valence-electron chi connectivity index (χ2n) is 5.31. The molecule has 128 valence electrons. The molecule has 0 fully saturated rings. The van der Waals surface area contributed by atoms with Crippen LogP contribution in [0.3, 0.4) is 0 Å². The lowest BCUT2D eigenvalue weighted by atomic mass is 10.2. The molecule has 0 saturated heterocycles. The molecular formula is C18H17ClN4OS. The van der Waals surface area contributed by atoms with Gasteiger partial charge in [-0.15, -0.1) is 0 Å². The van der Waals surface area contributed by atoms with Crippen LogP contribution in [0, 0.1) is 4.77 Å². The van der Waals surface area contributed by atoms with E-state index in [2.05, 4.69) is 15.3 Å². The zero-order valence-corrected chi connectivity index (χ0v) is 15.2. The van der Waals surface area contributed by atoms with Gasteiger partial charge in [-0.2, -0.15) is 14.9 Å². The third kappa shape index (κ3) is 4.35. The number of hydrogen-bond donors (Lipinski definition) is 1. The first kappa shape index (κ1) is 17.4. The highest BCUT2D eigenvalue weighted by molar-refractivity contribution is 7.71. The first-order chi connectivity index (χ1) is 12.2. The minimum atomic E-state index is 0.427. The molecule has 5 nitrogen and oxygen atoms in total. The molecule has 0 bridgehead atoms. The fraction of sp³-hybridized carbons (Fsp3) is 0.167. The van der Waals surface area contributed by atoms with Crippen molar-refractivity contribution in [3.05, 3.63) is 75.3 Å². The molecule has 0 amide bonds. The summed E-state index contributed by atoms with van der Waals surface area (Å²) in [6.45, 7) is 2.43. The van der Waals surface area contributed by atoms with Crippen molar-refractivity contribution in [2.75, 3.05) is 0 Å². The molecule has 1 heterocycles. The lowest BCUT2D eigenvalue weighted by Crippen LogP contribution is -2.00. The number of halogens is 1. The molecule has 0 saturated carbocycles. The summed E-state index contributed by atoms with van der Waals surface area (Å²) < 4.78 is 8.00. The molecule has 0 aliphatic rings. The highest BCUT2D eigenvalue weighted by atomic mass is 35.5. The van der Waals surface area contributed by atoms with Crippen molar-refractivity contribution in [1.29, 1.82) is 0 Å². The van der Waals surface area contributed by atoms with Gasteiger partial charge in [-0.3, -0.25) is 5.10 Å². The van der Waals surface area contributed by atoms with Crippen molar-refractivity contribution in [2.24, 2.45) is 5.10 Å². The van der Waals surface area contributed by atoms with Gasteiger partial charge in [0.1, 0.15) is 12.4 Å². The lowest BCUT2D eigenvalue weighted by Gasteiger charge is -2.09. The van der Waals surface area contributed by atoms with Gasteiger partial charge in [0.2, 0.25) is 4.77 Å². The molecule has 2 aromatic carbocycles. The third-order valence-electron chi connectivity index (χ3n) is 3.55. The fourth-order valence-corrected chi connectivity index (χ4v) is 2.71. The normalized spacial score (nSPS) is 11.1. The Kier molecular flexibility index (Phi) is 5.63. The van der Waals surface area contributed by atoms with Gasteiger partial charge < -0.3 is 4.74 Å². The second kappa shape index (κ2) is 8.09. The lowest BCUT2D eigenvalue weighted by molar-refractivity contribution is 0.306. The van der Waals surface area contributed by atoms with Gasteiger partial charge in [-0.05, 0) is 42.0 Å². The van der Waals surface area contributed by atoms with Gasteiger partial charge >= 0.3 is 0 Å². The molecule has 25 heavy (non-hydrogen) atoms. The number of ether oxygens (including phenoxy) is 1. The fourth-order valence-electron chi connectivity index (χ4n) is 2.30. The highest BCUT2D eigenvalue weighted by Crippen LogP contribution is 2.19. The van der Waals surface area contributed by atoms with E-state index in [0.717, 1.165) is 29.1 Å². The van der Waals surface area contributed by atoms with Crippen LogP contribution >= 0.6 is 23.8 Å². The van der Waals surface area contributed by atoms with Gasteiger partial charge in [0.05, 0.1) is 6.21 Å². The van der Waals surface area contributed by atoms with Crippen LogP contribution in [0.4, 0.5) is 0 Å². The van der Waals surface area contributed by atoms with E-state index < -0.39 is 0 Å². The Hall–Kier alpha value is -2.44. The average Bonchev–Trinajstić information content (AvgIpc) is 2.99. The topological polar surface area (TPSA) is 55.2 Å². The Morgan fingerprint density at radius 2 is 2.12 bits per heavy atom. The number of rotatable bonds is 6. The average molecular weight is 373 g/mol. The summed E-state index contributed by atoms with van der Waals surface area (Å²) in [4.78, 5) is 0. The summed E-state index contributed by atoms with van der Waals surface area (Å²) >= 11 is 11.2. The minimum absolute atomic E-state index is 0.427. The predicted octanol–water partition coefficient (Wildman–Crippen LogP) is 4.62. The van der Waals surface area contributed by atoms with E-state index >= 15 is 0 Å². The molecule has 1 aromatic heterocycles. The van der Waals surface area contributed by atoms with Gasteiger partial charge in [-0.25, -0.2) is 0 Å². The third-order valence-corrected chi connectivity index (χ3v) is 4.05. The van der Waals surface area contributed by atoms with Crippen molar-refractivity contribution < 1.29 is 4.74 Å². The number of para-hydroxylation sites is 1. The monoisotopic (exact) mass is 372 g/mol. The van der Waals surface area contributed by atoms with Crippen LogP contribution in [0.15, 0.2) is 53.6 Å². The number of H-pyrrole nitrogens is 1. The number of aryl methyl sites for hydroxylation is 1. The summed E-state index contributed by atoms with van der Waals surface area (Å²) in [6.07, 6.45) is 2.45. The summed E-state index contributed by atoms with van der Waals surface area (Å²) in [6, 6.07) is 15.3. The first-order valence-electron chi connectivity index (χ1n) is 7.84. The molecule has 3 aromatic rings. The van der Waals surface area contributed by atoms with Crippen molar-refractivity contribution in [3.63, 3.8) is 0 Å². The molecule has 1 N–H and O–H groups in total. The first-order valence-corrected chi connectivity index (χ1v) is 8.63. The summed E-state index contributed by atoms with van der Waals surface area (Å²) in [5.41, 5.74) is 1.86. The minimum Gasteiger partial charge on any atom is -0.488 e. The molecule has 3 rings (SSSR count). The van der Waals surface area contributed by atoms with Crippen LogP contribution in [-0.2, 0) is 13.0 Å². The maximum atomic E-state index is 6.01. The number of hydrogen-bond acceptors (Lipinski definition) is 4. The predicted molar refractivity (Wildman–Crippen MR) is 102 cm³/mol. The van der Waals surface area contributed by atoms with Crippen LogP contribution in [0.5, 0.6) is 5.75 Å². The number of nitrogens with zero attached hydrogens (tertiary/aromatic N) is 3. The van der Waals surface area contributed by atoms with E-state index in [1.807, 2.05) is 55.5 Å². The van der Waals surface area contributed by atoms with Crippen molar-refractivity contribution in [3.8, 4) is 5.75 Å². The van der Waals surface area contributed by atoms with Crippen molar-refractivity contribution in [1.82, 2.24) is 14.9 Å². The summed E-state index contributed by atoms with van der Waals surface area (Å²) in [5.74, 6) is 1.51. The molecule has 0 radical (unpaired) electrons. The standard InChI is InChI=1S/C18H17ClN4OS/c1-2-17-21-22-18(25)23(17)20-11-14-7-3-4-9-16(14)24-12-13-6-5-8-15(19)10-13/h3-11H,2,12H2,1H3,(H,22,25)/b20-11-. The summed E-state index contributed by atoms with van der Waals surface area (Å²) in [5, 5.41) is 12.0. The van der Waals surface area contributed by atoms with Gasteiger partial charge in [-0.1, -0.05) is 42.8 Å². The molecule has 7 heteroatoms. The molecule has 0 aliphatic heterocycles. The van der Waals surface area contributed by atoms with Gasteiger partial charge in [0.25, 0.3) is 0 Å². The van der Waals surface area contributed by atoms with Crippen LogP contribution in [0.2, 0.25) is 5.02 Å². The quantitative estimate of drug-likeness (QED) is 0.507. The Balaban J connectivity index is 1.80. The Morgan fingerprint density at radius 1 is 1.28 bits per heavy atom. The molecule has 0 unspecified atom stereocenters. The second-order valence-corrected chi connectivity index (χ2v) is 6.13. The van der Waals surface area contributed by atoms with E-state index in [9.17, 15) is 0 Å². The van der Waals surface area contributed by atoms with E-state index in [0.29, 0.717) is 16.4 Å². The molecule has 0 aliphatic carbocycles. The largest absolute Gasteiger partial charge is 0.488 e. The Morgan fingerprint density at radius 3 is 2.92 bits per heavy atom. The summed E-state index contributed by atoms with van der Waals surface area (Å²) in [7, 11) is 0. The zero-order chi connectivity index (χ0) is 17.6. The molecule has 0 spiro atoms. The number of benzene rings is 2. The smallest absolute Gasteiger partial charge is 0.216 e. The van der Waals surface area contributed by atoms with Crippen LogP contribution in [0.1, 0.15) is 23.9 Å². The van der Waals surface area contributed by atoms with Crippen LogP contribution in [0.25, 0.3) is 0 Å². The van der Waals surface area contributed by atoms with E-state index in [1.54, 1.807) is 10.9 Å². The number of aromatic nitrogens is 3. The SMILES string of the molecule is CCc1n[nH]c(=S)n1/N=C\c1ccccc1OCc1cccc(Cl)c1. The Labute approximate surface area is 155 Å². The van der Waals surface area contributed by atoms with Crippen molar-refractivity contribution in [2.45, 2.75) is 20.0 Å². The number of aromatic amines is 1. The highest BCUT2D eigenvalue weighted by Gasteiger charge is 2.04. The van der Waals surface area contributed by atoms with Gasteiger partial charge in [0.15, 0.2) is 5.82 Å². The van der Waals surface area contributed by atoms with Gasteiger partial charge in [0, 0.05) is 17.0 Å². The maximum absolute atomic E-state index is 6.01. The molecule has 0 atom stereocenters. The maximum Gasteiger partial charge on any atom is 0.216 e. The Bertz CT molecular complexity index is 948. The van der Waals surface area contributed by atoms with Crippen LogP contribution < -0.4 is 4.74 Å². The van der Waals surface area contributed by atoms with E-state index in [-0.39, 0.29) is 0 Å².